The summed E-state index contributed by atoms with van der Waals surface area (Å²) in [5, 5.41) is 14.7. The van der Waals surface area contributed by atoms with Crippen molar-refractivity contribution in [3.63, 3.8) is 0 Å². The van der Waals surface area contributed by atoms with E-state index < -0.39 is 34.6 Å². The number of imide groups is 1. The smallest absolute Gasteiger partial charge is 0.278 e. The van der Waals surface area contributed by atoms with E-state index in [2.05, 4.69) is 5.16 Å². The van der Waals surface area contributed by atoms with Crippen molar-refractivity contribution >= 4 is 28.9 Å². The Morgan fingerprint density at radius 3 is 2.54 bits per heavy atom. The van der Waals surface area contributed by atoms with Crippen LogP contribution in [0.25, 0.3) is 0 Å². The van der Waals surface area contributed by atoms with Gasteiger partial charge in [0.25, 0.3) is 11.6 Å². The summed E-state index contributed by atoms with van der Waals surface area (Å²) in [6.45, 7) is 0. The Labute approximate surface area is 145 Å². The van der Waals surface area contributed by atoms with Gasteiger partial charge >= 0.3 is 0 Å². The molecule has 4 rings (SSSR count). The number of oxime groups is 1. The first-order valence-corrected chi connectivity index (χ1v) is 7.59. The van der Waals surface area contributed by atoms with Crippen LogP contribution in [0.1, 0.15) is 5.56 Å². The molecule has 0 radical (unpaired) electrons. The van der Waals surface area contributed by atoms with E-state index in [1.54, 1.807) is 0 Å². The van der Waals surface area contributed by atoms with Crippen molar-refractivity contribution in [2.45, 2.75) is 6.10 Å². The number of benzene rings is 2. The van der Waals surface area contributed by atoms with Crippen LogP contribution in [0.2, 0.25) is 0 Å². The summed E-state index contributed by atoms with van der Waals surface area (Å²) >= 11 is 0. The fourth-order valence-corrected chi connectivity index (χ4v) is 3.04. The van der Waals surface area contributed by atoms with Gasteiger partial charge in [-0.25, -0.2) is 9.29 Å². The van der Waals surface area contributed by atoms with E-state index in [1.807, 2.05) is 0 Å². The number of amides is 2. The number of hydrogen-bond acceptors (Lipinski definition) is 6. The van der Waals surface area contributed by atoms with E-state index in [9.17, 15) is 24.1 Å². The van der Waals surface area contributed by atoms with Gasteiger partial charge in [-0.05, 0) is 18.2 Å². The number of fused-ring (bicyclic) bond motifs is 1. The number of nitro groups is 1. The highest BCUT2D eigenvalue weighted by Gasteiger charge is 2.56. The number of carbonyl (C=O) groups excluding carboxylic acids is 2. The van der Waals surface area contributed by atoms with Crippen LogP contribution in [0.4, 0.5) is 15.8 Å². The monoisotopic (exact) mass is 355 g/mol. The van der Waals surface area contributed by atoms with Gasteiger partial charge in [-0.15, -0.1) is 0 Å². The zero-order valence-corrected chi connectivity index (χ0v) is 13.0. The van der Waals surface area contributed by atoms with Crippen molar-refractivity contribution in [1.29, 1.82) is 0 Å². The summed E-state index contributed by atoms with van der Waals surface area (Å²) in [4.78, 5) is 41.7. The van der Waals surface area contributed by atoms with Crippen LogP contribution >= 0.6 is 0 Å². The van der Waals surface area contributed by atoms with Crippen molar-refractivity contribution in [1.82, 2.24) is 0 Å². The van der Waals surface area contributed by atoms with Crippen LogP contribution in [-0.2, 0) is 14.4 Å². The number of nitro benzene ring substituents is 1. The van der Waals surface area contributed by atoms with Crippen LogP contribution in [0, 0.1) is 21.8 Å². The summed E-state index contributed by atoms with van der Waals surface area (Å²) in [7, 11) is 0. The quantitative estimate of drug-likeness (QED) is 0.476. The molecule has 0 spiro atoms. The first-order valence-electron chi connectivity index (χ1n) is 7.59. The molecule has 9 heteroatoms. The van der Waals surface area contributed by atoms with Crippen molar-refractivity contribution in [2.24, 2.45) is 11.1 Å². The number of carbonyl (C=O) groups is 2. The lowest BCUT2D eigenvalue weighted by molar-refractivity contribution is -0.384. The summed E-state index contributed by atoms with van der Waals surface area (Å²) in [6.07, 6.45) is -1.14. The van der Waals surface area contributed by atoms with Crippen LogP contribution in [0.3, 0.4) is 0 Å². The second-order valence-corrected chi connectivity index (χ2v) is 5.78. The molecule has 2 aromatic carbocycles. The standard InChI is InChI=1S/C17H10FN3O5/c18-10-6-4-9(5-7-10)14-13-15(26-19-14)17(23)20(16(13)22)11-2-1-3-12(8-11)21(24)25/h1-8,13,15H/t13-,15+/m0/s1. The molecular weight excluding hydrogens is 345 g/mol. The van der Waals surface area contributed by atoms with E-state index in [1.165, 1.54) is 42.5 Å². The molecule has 0 aliphatic carbocycles. The molecule has 2 atom stereocenters. The Hall–Kier alpha value is -3.62. The lowest BCUT2D eigenvalue weighted by Gasteiger charge is -2.15. The molecule has 2 amide bonds. The van der Waals surface area contributed by atoms with Crippen molar-refractivity contribution in [3.8, 4) is 0 Å². The van der Waals surface area contributed by atoms with E-state index in [4.69, 9.17) is 4.84 Å². The number of halogens is 1. The van der Waals surface area contributed by atoms with Gasteiger partial charge in [-0.2, -0.15) is 0 Å². The first-order chi connectivity index (χ1) is 12.5. The maximum absolute atomic E-state index is 13.1. The Morgan fingerprint density at radius 1 is 1.12 bits per heavy atom. The molecule has 2 heterocycles. The largest absolute Gasteiger partial charge is 0.381 e. The minimum atomic E-state index is -1.14. The Kier molecular flexibility index (Phi) is 3.50. The number of anilines is 1. The molecule has 8 nitrogen and oxygen atoms in total. The number of nitrogens with zero attached hydrogens (tertiary/aromatic N) is 3. The van der Waals surface area contributed by atoms with Gasteiger partial charge in [0, 0.05) is 17.7 Å². The van der Waals surface area contributed by atoms with Crippen LogP contribution < -0.4 is 4.90 Å². The van der Waals surface area contributed by atoms with E-state index in [-0.39, 0.29) is 17.1 Å². The minimum Gasteiger partial charge on any atom is -0.381 e. The Bertz CT molecular complexity index is 973. The molecule has 2 aliphatic rings. The zero-order chi connectivity index (χ0) is 18.4. The predicted molar refractivity (Wildman–Crippen MR) is 86.9 cm³/mol. The second kappa shape index (κ2) is 5.73. The van der Waals surface area contributed by atoms with Crippen molar-refractivity contribution in [2.75, 3.05) is 4.90 Å². The molecule has 1 fully saturated rings. The zero-order valence-electron chi connectivity index (χ0n) is 13.0. The molecule has 0 saturated carbocycles. The summed E-state index contributed by atoms with van der Waals surface area (Å²) in [5.41, 5.74) is 0.529. The Balaban J connectivity index is 1.70. The Morgan fingerprint density at radius 2 is 1.85 bits per heavy atom. The first kappa shape index (κ1) is 15.9. The summed E-state index contributed by atoms with van der Waals surface area (Å²) < 4.78 is 13.1. The maximum atomic E-state index is 13.1. The van der Waals surface area contributed by atoms with Gasteiger partial charge in [-0.1, -0.05) is 23.4 Å². The topological polar surface area (TPSA) is 102 Å². The highest BCUT2D eigenvalue weighted by molar-refractivity contribution is 6.32. The number of non-ortho nitro benzene ring substituents is 1. The highest BCUT2D eigenvalue weighted by atomic mass is 19.1. The number of rotatable bonds is 3. The van der Waals surface area contributed by atoms with Crippen LogP contribution in [0.5, 0.6) is 0 Å². The van der Waals surface area contributed by atoms with Gasteiger partial charge in [0.15, 0.2) is 0 Å². The SMILES string of the molecule is O=C1[C@H]2C(c3ccc(F)cc3)=NO[C@H]2C(=O)N1c1cccc([N+](=O)[O-])c1. The summed E-state index contributed by atoms with van der Waals surface area (Å²) in [6, 6.07) is 10.5. The number of hydrogen-bond donors (Lipinski definition) is 0. The molecule has 0 unspecified atom stereocenters. The second-order valence-electron chi connectivity index (χ2n) is 5.78. The van der Waals surface area contributed by atoms with E-state index in [0.29, 0.717) is 5.56 Å². The average molecular weight is 355 g/mol. The van der Waals surface area contributed by atoms with Crippen LogP contribution in [-0.4, -0.2) is 28.6 Å². The van der Waals surface area contributed by atoms with Gasteiger partial charge < -0.3 is 4.84 Å². The molecule has 0 N–H and O–H groups in total. The third-order valence-corrected chi connectivity index (χ3v) is 4.25. The molecule has 2 aliphatic heterocycles. The highest BCUT2D eigenvalue weighted by Crippen LogP contribution is 2.36. The van der Waals surface area contributed by atoms with Gasteiger partial charge in [0.1, 0.15) is 17.4 Å². The maximum Gasteiger partial charge on any atom is 0.278 e. The van der Waals surface area contributed by atoms with Crippen molar-refractivity contribution in [3.05, 3.63) is 70.0 Å². The van der Waals surface area contributed by atoms with Crippen LogP contribution in [0.15, 0.2) is 53.7 Å². The molecule has 130 valence electrons. The molecule has 2 aromatic rings. The third kappa shape index (κ3) is 2.32. The fourth-order valence-electron chi connectivity index (χ4n) is 3.04. The fraction of sp³-hybridized carbons (Fsp3) is 0.118. The predicted octanol–water partition coefficient (Wildman–Crippen LogP) is 2.03. The van der Waals surface area contributed by atoms with E-state index >= 15 is 0 Å². The lowest BCUT2D eigenvalue weighted by Crippen LogP contribution is -2.33. The van der Waals surface area contributed by atoms with E-state index in [0.717, 1.165) is 11.0 Å². The van der Waals surface area contributed by atoms with Gasteiger partial charge in [-0.3, -0.25) is 19.7 Å². The molecule has 1 saturated heterocycles. The van der Waals surface area contributed by atoms with Gasteiger partial charge in [0.05, 0.1) is 10.6 Å². The molecular formula is C17H10FN3O5. The van der Waals surface area contributed by atoms with Gasteiger partial charge in [0.2, 0.25) is 12.0 Å². The third-order valence-electron chi connectivity index (χ3n) is 4.25. The molecule has 0 aromatic heterocycles. The minimum absolute atomic E-state index is 0.0886. The normalized spacial score (nSPS) is 21.4. The average Bonchev–Trinajstić information content (AvgIpc) is 3.16. The molecule has 0 bridgehead atoms. The van der Waals surface area contributed by atoms with Crippen molar-refractivity contribution < 1.29 is 23.7 Å². The molecule has 26 heavy (non-hydrogen) atoms. The summed E-state index contributed by atoms with van der Waals surface area (Å²) in [5.74, 6) is -2.67. The lowest BCUT2D eigenvalue weighted by atomic mass is 9.94.